The van der Waals surface area contributed by atoms with Crippen molar-refractivity contribution in [2.45, 2.75) is 13.1 Å². The second-order valence-corrected chi connectivity index (χ2v) is 6.99. The van der Waals surface area contributed by atoms with E-state index in [1.807, 2.05) is 0 Å². The molecule has 0 bridgehead atoms. The maximum Gasteiger partial charge on any atom is 0.337 e. The molecule has 0 aliphatic rings. The third kappa shape index (κ3) is 4.74. The van der Waals surface area contributed by atoms with E-state index < -0.39 is 29.1 Å². The Hall–Kier alpha value is -4.48. The van der Waals surface area contributed by atoms with E-state index in [9.17, 15) is 23.2 Å². The summed E-state index contributed by atoms with van der Waals surface area (Å²) in [6.45, 7) is -0.397. The summed E-state index contributed by atoms with van der Waals surface area (Å²) in [5.74, 6) is -2.49. The number of halogens is 2. The van der Waals surface area contributed by atoms with Gasteiger partial charge in [-0.25, -0.2) is 23.2 Å². The number of methoxy groups -OCH3 is 1. The number of amides is 1. The number of carbonyl (C=O) groups is 2. The monoisotopic (exact) mass is 454 g/mol. The molecule has 1 amide bonds. The van der Waals surface area contributed by atoms with Gasteiger partial charge in [-0.1, -0.05) is 5.21 Å². The van der Waals surface area contributed by atoms with Gasteiger partial charge in [-0.3, -0.25) is 14.2 Å². The first-order chi connectivity index (χ1) is 15.8. The predicted molar refractivity (Wildman–Crippen MR) is 111 cm³/mol. The van der Waals surface area contributed by atoms with Gasteiger partial charge in [-0.2, -0.15) is 0 Å². The quantitative estimate of drug-likeness (QED) is 0.441. The molecule has 0 fully saturated rings. The van der Waals surface area contributed by atoms with E-state index in [1.165, 1.54) is 36.1 Å². The molecule has 2 heterocycles. The SMILES string of the molecule is COC(=O)c1ccc(NC(=O)Cn2cnc3c(nnn3Cc3cc(F)cc(F)c3)c2=O)cc1. The lowest BCUT2D eigenvalue weighted by molar-refractivity contribution is -0.116. The molecule has 0 atom stereocenters. The largest absolute Gasteiger partial charge is 0.465 e. The number of esters is 1. The predicted octanol–water partition coefficient (Wildman–Crippen LogP) is 1.74. The van der Waals surface area contributed by atoms with Crippen LogP contribution >= 0.6 is 0 Å². The molecule has 0 aliphatic carbocycles. The van der Waals surface area contributed by atoms with Gasteiger partial charge in [0.15, 0.2) is 11.2 Å². The second kappa shape index (κ2) is 8.94. The average molecular weight is 454 g/mol. The summed E-state index contributed by atoms with van der Waals surface area (Å²) < 4.78 is 33.8. The zero-order chi connectivity index (χ0) is 23.5. The van der Waals surface area contributed by atoms with Crippen LogP contribution in [0.5, 0.6) is 0 Å². The van der Waals surface area contributed by atoms with Gasteiger partial charge in [0.25, 0.3) is 5.56 Å². The highest BCUT2D eigenvalue weighted by Crippen LogP contribution is 2.12. The van der Waals surface area contributed by atoms with E-state index >= 15 is 0 Å². The molecule has 0 radical (unpaired) electrons. The number of fused-ring (bicyclic) bond motifs is 1. The van der Waals surface area contributed by atoms with Gasteiger partial charge in [0.05, 0.1) is 19.2 Å². The van der Waals surface area contributed by atoms with Crippen LogP contribution in [0.3, 0.4) is 0 Å². The number of aromatic nitrogens is 5. The average Bonchev–Trinajstić information content (AvgIpc) is 3.18. The summed E-state index contributed by atoms with van der Waals surface area (Å²) in [7, 11) is 1.26. The summed E-state index contributed by atoms with van der Waals surface area (Å²) in [4.78, 5) is 40.6. The number of anilines is 1. The molecular formula is C21H16F2N6O4. The van der Waals surface area contributed by atoms with Gasteiger partial charge in [0.2, 0.25) is 5.91 Å². The molecule has 33 heavy (non-hydrogen) atoms. The Morgan fingerprint density at radius 3 is 2.45 bits per heavy atom. The molecule has 2 aromatic carbocycles. The zero-order valence-electron chi connectivity index (χ0n) is 17.2. The van der Waals surface area contributed by atoms with E-state index in [1.54, 1.807) is 0 Å². The van der Waals surface area contributed by atoms with E-state index in [4.69, 9.17) is 0 Å². The highest BCUT2D eigenvalue weighted by Gasteiger charge is 2.15. The minimum Gasteiger partial charge on any atom is -0.465 e. The van der Waals surface area contributed by atoms with Crippen LogP contribution in [0.2, 0.25) is 0 Å². The van der Waals surface area contributed by atoms with Crippen LogP contribution in [0.4, 0.5) is 14.5 Å². The van der Waals surface area contributed by atoms with Gasteiger partial charge in [0, 0.05) is 11.8 Å². The number of nitrogens with one attached hydrogen (secondary N) is 1. The molecule has 12 heteroatoms. The molecule has 0 unspecified atom stereocenters. The summed E-state index contributed by atoms with van der Waals surface area (Å²) >= 11 is 0. The van der Waals surface area contributed by atoms with E-state index in [0.29, 0.717) is 11.3 Å². The molecule has 4 rings (SSSR count). The van der Waals surface area contributed by atoms with Crippen molar-refractivity contribution in [2.75, 3.05) is 12.4 Å². The fourth-order valence-corrected chi connectivity index (χ4v) is 3.14. The van der Waals surface area contributed by atoms with Gasteiger partial charge in [0.1, 0.15) is 24.5 Å². The van der Waals surface area contributed by atoms with Crippen molar-refractivity contribution in [3.05, 3.63) is 81.9 Å². The number of nitrogens with zero attached hydrogens (tertiary/aromatic N) is 5. The fourth-order valence-electron chi connectivity index (χ4n) is 3.14. The lowest BCUT2D eigenvalue weighted by Gasteiger charge is -2.08. The summed E-state index contributed by atoms with van der Waals surface area (Å²) in [6, 6.07) is 9.05. The van der Waals surface area contributed by atoms with Crippen LogP contribution in [0.15, 0.2) is 53.6 Å². The highest BCUT2D eigenvalue weighted by molar-refractivity contribution is 5.93. The van der Waals surface area contributed by atoms with Gasteiger partial charge < -0.3 is 10.1 Å². The number of hydrogen-bond donors (Lipinski definition) is 1. The smallest absolute Gasteiger partial charge is 0.337 e. The number of ether oxygens (including phenoxy) is 1. The Morgan fingerprint density at radius 1 is 1.09 bits per heavy atom. The standard InChI is InChI=1S/C21H16F2N6O4/c1-33-21(32)13-2-4-16(5-3-13)25-17(30)10-28-11-24-19-18(20(28)31)26-27-29(19)9-12-6-14(22)8-15(23)7-12/h2-8,11H,9-10H2,1H3,(H,25,30). The van der Waals surface area contributed by atoms with Crippen LogP contribution in [0.25, 0.3) is 11.2 Å². The normalized spacial score (nSPS) is 10.9. The van der Waals surface area contributed by atoms with Crippen LogP contribution < -0.4 is 10.9 Å². The Bertz CT molecular complexity index is 1390. The van der Waals surface area contributed by atoms with Crippen LogP contribution in [-0.4, -0.2) is 43.5 Å². The summed E-state index contributed by atoms with van der Waals surface area (Å²) in [5, 5.41) is 10.2. The molecule has 1 N–H and O–H groups in total. The van der Waals surface area contributed by atoms with Gasteiger partial charge in [-0.05, 0) is 42.0 Å². The van der Waals surface area contributed by atoms with Crippen molar-refractivity contribution in [3.63, 3.8) is 0 Å². The molecule has 0 spiro atoms. The molecule has 0 aliphatic heterocycles. The third-order valence-corrected chi connectivity index (χ3v) is 4.65. The maximum atomic E-state index is 13.4. The minimum atomic E-state index is -0.740. The van der Waals surface area contributed by atoms with Gasteiger partial charge >= 0.3 is 5.97 Å². The zero-order valence-corrected chi connectivity index (χ0v) is 17.2. The van der Waals surface area contributed by atoms with Crippen molar-refractivity contribution in [1.82, 2.24) is 24.5 Å². The van der Waals surface area contributed by atoms with Crippen LogP contribution in [0, 0.1) is 11.6 Å². The Kier molecular flexibility index (Phi) is 5.89. The van der Waals surface area contributed by atoms with E-state index in [2.05, 4.69) is 25.3 Å². The van der Waals surface area contributed by atoms with Gasteiger partial charge in [-0.15, -0.1) is 5.10 Å². The first kappa shape index (κ1) is 21.7. The lowest BCUT2D eigenvalue weighted by Crippen LogP contribution is -2.28. The molecule has 4 aromatic rings. The molecule has 10 nitrogen and oxygen atoms in total. The van der Waals surface area contributed by atoms with Crippen molar-refractivity contribution >= 4 is 28.7 Å². The first-order valence-corrected chi connectivity index (χ1v) is 9.56. The van der Waals surface area contributed by atoms with E-state index in [0.717, 1.165) is 29.1 Å². The maximum absolute atomic E-state index is 13.4. The fraction of sp³-hybridized carbons (Fsp3) is 0.143. The Labute approximate surface area is 184 Å². The van der Waals surface area contributed by atoms with Crippen molar-refractivity contribution in [1.29, 1.82) is 0 Å². The first-order valence-electron chi connectivity index (χ1n) is 9.56. The number of carbonyl (C=O) groups excluding carboxylic acids is 2. The van der Waals surface area contributed by atoms with Crippen LogP contribution in [0.1, 0.15) is 15.9 Å². The van der Waals surface area contributed by atoms with Crippen molar-refractivity contribution in [3.8, 4) is 0 Å². The van der Waals surface area contributed by atoms with Crippen molar-refractivity contribution < 1.29 is 23.1 Å². The topological polar surface area (TPSA) is 121 Å². The molecular weight excluding hydrogens is 438 g/mol. The minimum absolute atomic E-state index is 0.0519. The number of hydrogen-bond acceptors (Lipinski definition) is 7. The molecule has 0 saturated carbocycles. The molecule has 168 valence electrons. The lowest BCUT2D eigenvalue weighted by atomic mass is 10.2. The summed E-state index contributed by atoms with van der Waals surface area (Å²) in [6.07, 6.45) is 1.16. The summed E-state index contributed by atoms with van der Waals surface area (Å²) in [5.41, 5.74) is 0.438. The third-order valence-electron chi connectivity index (χ3n) is 4.65. The second-order valence-electron chi connectivity index (χ2n) is 6.99. The molecule has 0 saturated heterocycles. The van der Waals surface area contributed by atoms with Crippen molar-refractivity contribution in [2.24, 2.45) is 0 Å². The Balaban J connectivity index is 1.50. The number of rotatable bonds is 6. The highest BCUT2D eigenvalue weighted by atomic mass is 19.1. The van der Waals surface area contributed by atoms with E-state index in [-0.39, 0.29) is 29.8 Å². The number of benzene rings is 2. The Morgan fingerprint density at radius 2 is 1.79 bits per heavy atom. The molecule has 2 aromatic heterocycles. The van der Waals surface area contributed by atoms with Crippen LogP contribution in [-0.2, 0) is 22.6 Å².